The van der Waals surface area contributed by atoms with Crippen LogP contribution in [0.5, 0.6) is 0 Å². The first-order valence-corrected chi connectivity index (χ1v) is 7.54. The van der Waals surface area contributed by atoms with E-state index in [-0.39, 0.29) is 0 Å². The molecule has 1 fully saturated rings. The Morgan fingerprint density at radius 3 is 2.68 bits per heavy atom. The van der Waals surface area contributed by atoms with Gasteiger partial charge in [-0.2, -0.15) is 0 Å². The third-order valence-electron chi connectivity index (χ3n) is 2.85. The summed E-state index contributed by atoms with van der Waals surface area (Å²) in [5.74, 6) is 1.70. The number of nitrogens with one attached hydrogen (secondary N) is 2. The highest BCUT2D eigenvalue weighted by molar-refractivity contribution is 5.79. The molecule has 0 aromatic heterocycles. The molecule has 0 atom stereocenters. The Bertz CT molecular complexity index is 243. The van der Waals surface area contributed by atoms with Gasteiger partial charge in [0.2, 0.25) is 0 Å². The second kappa shape index (κ2) is 11.1. The van der Waals surface area contributed by atoms with Crippen molar-refractivity contribution in [1.29, 1.82) is 0 Å². The average Bonchev–Trinajstić information content (AvgIpc) is 3.22. The van der Waals surface area contributed by atoms with E-state index in [1.807, 2.05) is 6.92 Å². The summed E-state index contributed by atoms with van der Waals surface area (Å²) in [7, 11) is 0. The molecular formula is C14H29N3O2. The van der Waals surface area contributed by atoms with Crippen molar-refractivity contribution < 1.29 is 9.47 Å². The second-order valence-electron chi connectivity index (χ2n) is 4.76. The highest BCUT2D eigenvalue weighted by Gasteiger charge is 2.20. The zero-order chi connectivity index (χ0) is 13.8. The van der Waals surface area contributed by atoms with Gasteiger partial charge in [-0.3, -0.25) is 4.99 Å². The molecule has 1 aliphatic carbocycles. The average molecular weight is 271 g/mol. The van der Waals surface area contributed by atoms with E-state index < -0.39 is 0 Å². The number of guanidine groups is 1. The van der Waals surface area contributed by atoms with Crippen molar-refractivity contribution in [2.75, 3.05) is 46.1 Å². The molecule has 0 bridgehead atoms. The van der Waals surface area contributed by atoms with E-state index in [9.17, 15) is 0 Å². The standard InChI is InChI=1S/C14H29N3O2/c1-3-15-14(16-8-5-10-18-4-2)17-9-11-19-12-13-6-7-13/h13H,3-12H2,1-2H3,(H2,15,16,17). The van der Waals surface area contributed by atoms with Crippen LogP contribution >= 0.6 is 0 Å². The molecule has 0 heterocycles. The van der Waals surface area contributed by atoms with E-state index in [1.165, 1.54) is 12.8 Å². The van der Waals surface area contributed by atoms with Crippen LogP contribution in [0.3, 0.4) is 0 Å². The van der Waals surface area contributed by atoms with Gasteiger partial charge in [-0.05, 0) is 39.0 Å². The summed E-state index contributed by atoms with van der Waals surface area (Å²) in [5, 5.41) is 6.51. The van der Waals surface area contributed by atoms with Gasteiger partial charge in [0, 0.05) is 39.5 Å². The van der Waals surface area contributed by atoms with Gasteiger partial charge in [-0.25, -0.2) is 0 Å². The van der Waals surface area contributed by atoms with Crippen LogP contribution in [0.15, 0.2) is 4.99 Å². The van der Waals surface area contributed by atoms with Gasteiger partial charge >= 0.3 is 0 Å². The number of hydrogen-bond donors (Lipinski definition) is 2. The van der Waals surface area contributed by atoms with Crippen molar-refractivity contribution in [2.45, 2.75) is 33.1 Å². The Hall–Kier alpha value is -0.810. The number of ether oxygens (including phenoxy) is 2. The van der Waals surface area contributed by atoms with Crippen molar-refractivity contribution in [3.8, 4) is 0 Å². The van der Waals surface area contributed by atoms with Crippen molar-refractivity contribution in [3.63, 3.8) is 0 Å². The molecule has 1 aliphatic rings. The van der Waals surface area contributed by atoms with Crippen LogP contribution in [-0.2, 0) is 9.47 Å². The van der Waals surface area contributed by atoms with Crippen molar-refractivity contribution in [1.82, 2.24) is 10.6 Å². The molecule has 0 amide bonds. The summed E-state index contributed by atoms with van der Waals surface area (Å²) < 4.78 is 10.9. The molecule has 0 saturated heterocycles. The third kappa shape index (κ3) is 9.73. The Kier molecular flexibility index (Phi) is 9.45. The van der Waals surface area contributed by atoms with E-state index in [4.69, 9.17) is 9.47 Å². The van der Waals surface area contributed by atoms with Gasteiger partial charge in [-0.15, -0.1) is 0 Å². The molecule has 0 aromatic carbocycles. The molecule has 5 nitrogen and oxygen atoms in total. The van der Waals surface area contributed by atoms with Crippen LogP contribution in [0, 0.1) is 5.92 Å². The van der Waals surface area contributed by atoms with Gasteiger partial charge in [-0.1, -0.05) is 0 Å². The van der Waals surface area contributed by atoms with Crippen LogP contribution in [0.25, 0.3) is 0 Å². The molecule has 1 saturated carbocycles. The molecule has 0 spiro atoms. The largest absolute Gasteiger partial charge is 0.382 e. The minimum atomic E-state index is 0.750. The monoisotopic (exact) mass is 271 g/mol. The first-order chi connectivity index (χ1) is 9.36. The lowest BCUT2D eigenvalue weighted by molar-refractivity contribution is 0.129. The summed E-state index contributed by atoms with van der Waals surface area (Å²) >= 11 is 0. The highest BCUT2D eigenvalue weighted by Crippen LogP contribution is 2.28. The van der Waals surface area contributed by atoms with Crippen molar-refractivity contribution >= 4 is 5.96 Å². The molecular weight excluding hydrogens is 242 g/mol. The molecule has 0 unspecified atom stereocenters. The van der Waals surface area contributed by atoms with Crippen LogP contribution in [-0.4, -0.2) is 52.0 Å². The predicted molar refractivity (Wildman–Crippen MR) is 78.6 cm³/mol. The molecule has 0 aromatic rings. The minimum absolute atomic E-state index is 0.750. The molecule has 5 heteroatoms. The lowest BCUT2D eigenvalue weighted by Gasteiger charge is -2.11. The topological polar surface area (TPSA) is 54.9 Å². The van der Waals surface area contributed by atoms with E-state index in [0.29, 0.717) is 0 Å². The zero-order valence-corrected chi connectivity index (χ0v) is 12.4. The maximum absolute atomic E-state index is 5.58. The summed E-state index contributed by atoms with van der Waals surface area (Å²) in [6, 6.07) is 0. The highest BCUT2D eigenvalue weighted by atomic mass is 16.5. The second-order valence-corrected chi connectivity index (χ2v) is 4.76. The Morgan fingerprint density at radius 2 is 2.00 bits per heavy atom. The fourth-order valence-electron chi connectivity index (χ4n) is 1.62. The summed E-state index contributed by atoms with van der Waals surface area (Å²) in [6.45, 7) is 9.79. The summed E-state index contributed by atoms with van der Waals surface area (Å²) in [6.07, 6.45) is 3.65. The molecule has 112 valence electrons. The summed E-state index contributed by atoms with van der Waals surface area (Å²) in [5.41, 5.74) is 0. The fraction of sp³-hybridized carbons (Fsp3) is 0.929. The van der Waals surface area contributed by atoms with Gasteiger partial charge < -0.3 is 20.1 Å². The van der Waals surface area contributed by atoms with Crippen LogP contribution in [0.4, 0.5) is 0 Å². The van der Waals surface area contributed by atoms with E-state index in [1.54, 1.807) is 0 Å². The smallest absolute Gasteiger partial charge is 0.191 e. The molecule has 0 radical (unpaired) electrons. The molecule has 0 aliphatic heterocycles. The molecule has 1 rings (SSSR count). The normalized spacial score (nSPS) is 15.6. The fourth-order valence-corrected chi connectivity index (χ4v) is 1.62. The van der Waals surface area contributed by atoms with E-state index in [0.717, 1.165) is 64.4 Å². The van der Waals surface area contributed by atoms with Crippen molar-refractivity contribution in [2.24, 2.45) is 10.9 Å². The van der Waals surface area contributed by atoms with E-state index >= 15 is 0 Å². The van der Waals surface area contributed by atoms with Crippen LogP contribution in [0.2, 0.25) is 0 Å². The lowest BCUT2D eigenvalue weighted by Crippen LogP contribution is -2.39. The minimum Gasteiger partial charge on any atom is -0.382 e. The summed E-state index contributed by atoms with van der Waals surface area (Å²) in [4.78, 5) is 4.49. The Balaban J connectivity index is 2.02. The number of hydrogen-bond acceptors (Lipinski definition) is 3. The van der Waals surface area contributed by atoms with Gasteiger partial charge in [0.1, 0.15) is 0 Å². The number of nitrogens with zero attached hydrogens (tertiary/aromatic N) is 1. The lowest BCUT2D eigenvalue weighted by atomic mass is 10.4. The van der Waals surface area contributed by atoms with Crippen molar-refractivity contribution in [3.05, 3.63) is 0 Å². The van der Waals surface area contributed by atoms with Crippen LogP contribution in [0.1, 0.15) is 33.1 Å². The Morgan fingerprint density at radius 1 is 1.16 bits per heavy atom. The van der Waals surface area contributed by atoms with Gasteiger partial charge in [0.25, 0.3) is 0 Å². The Labute approximate surface area is 117 Å². The van der Waals surface area contributed by atoms with E-state index in [2.05, 4.69) is 22.5 Å². The maximum Gasteiger partial charge on any atom is 0.191 e. The number of aliphatic imine (C=N–C) groups is 1. The quantitative estimate of drug-likeness (QED) is 0.339. The van der Waals surface area contributed by atoms with Gasteiger partial charge in [0.15, 0.2) is 5.96 Å². The molecule has 19 heavy (non-hydrogen) atoms. The van der Waals surface area contributed by atoms with Gasteiger partial charge in [0.05, 0.1) is 6.61 Å². The SMILES string of the molecule is CCNC(=NCCCOCC)NCCOCC1CC1. The first kappa shape index (κ1) is 16.2. The maximum atomic E-state index is 5.58. The predicted octanol–water partition coefficient (Wildman–Crippen LogP) is 1.39. The number of rotatable bonds is 11. The zero-order valence-electron chi connectivity index (χ0n) is 12.4. The molecule has 2 N–H and O–H groups in total. The third-order valence-corrected chi connectivity index (χ3v) is 2.85. The van der Waals surface area contributed by atoms with Crippen LogP contribution < -0.4 is 10.6 Å². The first-order valence-electron chi connectivity index (χ1n) is 7.54.